The van der Waals surface area contributed by atoms with Gasteiger partial charge in [-0.2, -0.15) is 0 Å². The summed E-state index contributed by atoms with van der Waals surface area (Å²) in [5.74, 6) is 1.51. The summed E-state index contributed by atoms with van der Waals surface area (Å²) in [6.45, 7) is 4.74. The predicted octanol–water partition coefficient (Wildman–Crippen LogP) is 1.73. The Kier molecular flexibility index (Phi) is 5.24. The Balaban J connectivity index is 1.32. The number of amides is 2. The maximum absolute atomic E-state index is 12.3. The van der Waals surface area contributed by atoms with Gasteiger partial charge < -0.3 is 19.7 Å². The highest BCUT2D eigenvalue weighted by molar-refractivity contribution is 5.78. The molecular weight excluding hydrogens is 332 g/mol. The van der Waals surface area contributed by atoms with Crippen LogP contribution in [0, 0.1) is 17.8 Å². The van der Waals surface area contributed by atoms with Gasteiger partial charge >= 0.3 is 0 Å². The third-order valence-corrected chi connectivity index (χ3v) is 7.05. The number of hydrogen-bond acceptors (Lipinski definition) is 4. The Morgan fingerprint density at radius 2 is 2.08 bits per heavy atom. The Labute approximate surface area is 156 Å². The van der Waals surface area contributed by atoms with Gasteiger partial charge in [-0.1, -0.05) is 12.8 Å². The first-order chi connectivity index (χ1) is 12.6. The SMILES string of the molecule is CCOCC(=O)N1C[C@@H]2[C@H](CNC(=O)CC3CCCC3)[C@H]3CC[C@]2(C1)O3. The topological polar surface area (TPSA) is 67.9 Å². The van der Waals surface area contributed by atoms with Crippen molar-refractivity contribution in [1.29, 1.82) is 0 Å². The van der Waals surface area contributed by atoms with Crippen molar-refractivity contribution in [3.63, 3.8) is 0 Å². The standard InChI is InChI=1S/C20H32N2O4/c1-2-25-12-19(24)22-11-16-15(17-7-8-20(16,13-22)26-17)10-21-18(23)9-14-5-3-4-6-14/h14-17H,2-13H2,1H3,(H,21,23)/t15-,16+,17+,20+/m0/s1. The third-order valence-electron chi connectivity index (χ3n) is 7.05. The summed E-state index contributed by atoms with van der Waals surface area (Å²) < 4.78 is 11.6. The molecule has 0 aromatic rings. The molecule has 6 nitrogen and oxygen atoms in total. The van der Waals surface area contributed by atoms with Gasteiger partial charge in [0.25, 0.3) is 0 Å². The fourth-order valence-electron chi connectivity index (χ4n) is 5.71. The van der Waals surface area contributed by atoms with Crippen LogP contribution in [0.1, 0.15) is 51.9 Å². The summed E-state index contributed by atoms with van der Waals surface area (Å²) in [6.07, 6.45) is 7.94. The Morgan fingerprint density at radius 3 is 2.85 bits per heavy atom. The number of nitrogens with one attached hydrogen (secondary N) is 1. The van der Waals surface area contributed by atoms with Gasteiger partial charge in [0.1, 0.15) is 6.61 Å². The van der Waals surface area contributed by atoms with Crippen molar-refractivity contribution < 1.29 is 19.1 Å². The number of carbonyl (C=O) groups excluding carboxylic acids is 2. The van der Waals surface area contributed by atoms with E-state index in [0.717, 1.165) is 19.4 Å². The van der Waals surface area contributed by atoms with Crippen LogP contribution >= 0.6 is 0 Å². The Bertz CT molecular complexity index is 548. The highest BCUT2D eigenvalue weighted by Crippen LogP contribution is 2.54. The number of fused-ring (bicyclic) bond motifs is 1. The van der Waals surface area contributed by atoms with Crippen LogP contribution in [0.4, 0.5) is 0 Å². The number of likely N-dealkylation sites (tertiary alicyclic amines) is 1. The molecule has 4 aliphatic rings. The van der Waals surface area contributed by atoms with E-state index in [1.807, 2.05) is 11.8 Å². The maximum atomic E-state index is 12.3. The number of rotatable bonds is 7. The Morgan fingerprint density at radius 1 is 1.27 bits per heavy atom. The lowest BCUT2D eigenvalue weighted by atomic mass is 9.73. The predicted molar refractivity (Wildman–Crippen MR) is 96.5 cm³/mol. The highest BCUT2D eigenvalue weighted by Gasteiger charge is 2.63. The summed E-state index contributed by atoms with van der Waals surface area (Å²) in [6, 6.07) is 0. The largest absolute Gasteiger partial charge is 0.372 e. The van der Waals surface area contributed by atoms with Crippen molar-refractivity contribution >= 4 is 11.8 Å². The van der Waals surface area contributed by atoms with Crippen LogP contribution in [0.3, 0.4) is 0 Å². The highest BCUT2D eigenvalue weighted by atomic mass is 16.5. The fraction of sp³-hybridized carbons (Fsp3) is 0.900. The molecule has 0 aromatic carbocycles. The van der Waals surface area contributed by atoms with E-state index in [4.69, 9.17) is 9.47 Å². The average Bonchev–Trinajstić information content (AvgIpc) is 3.38. The molecule has 2 bridgehead atoms. The van der Waals surface area contributed by atoms with Gasteiger partial charge in [0, 0.05) is 38.0 Å². The summed E-state index contributed by atoms with van der Waals surface area (Å²) in [4.78, 5) is 26.6. The van der Waals surface area contributed by atoms with Crippen molar-refractivity contribution in [2.45, 2.75) is 63.6 Å². The van der Waals surface area contributed by atoms with E-state index in [1.165, 1.54) is 25.7 Å². The molecule has 1 aliphatic carbocycles. The van der Waals surface area contributed by atoms with Gasteiger partial charge in [-0.15, -0.1) is 0 Å². The molecule has 3 heterocycles. The van der Waals surface area contributed by atoms with Crippen LogP contribution in [0.25, 0.3) is 0 Å². The van der Waals surface area contributed by atoms with Gasteiger partial charge in [-0.25, -0.2) is 0 Å². The quantitative estimate of drug-likeness (QED) is 0.747. The number of ether oxygens (including phenoxy) is 2. The molecule has 4 fully saturated rings. The molecule has 0 unspecified atom stereocenters. The van der Waals surface area contributed by atoms with Gasteiger partial charge in [0.2, 0.25) is 11.8 Å². The van der Waals surface area contributed by atoms with Gasteiger partial charge in [-0.05, 0) is 38.5 Å². The molecule has 3 saturated heterocycles. The maximum Gasteiger partial charge on any atom is 0.248 e. The van der Waals surface area contributed by atoms with Crippen molar-refractivity contribution in [2.24, 2.45) is 17.8 Å². The van der Waals surface area contributed by atoms with E-state index in [1.54, 1.807) is 0 Å². The Hall–Kier alpha value is -1.14. The lowest BCUT2D eigenvalue weighted by Gasteiger charge is -2.29. The van der Waals surface area contributed by atoms with E-state index >= 15 is 0 Å². The lowest BCUT2D eigenvalue weighted by Crippen LogP contribution is -2.42. The first-order valence-electron chi connectivity index (χ1n) is 10.4. The molecule has 1 saturated carbocycles. The zero-order chi connectivity index (χ0) is 18.1. The molecule has 1 N–H and O–H groups in total. The van der Waals surface area contributed by atoms with Crippen LogP contribution < -0.4 is 5.32 Å². The van der Waals surface area contributed by atoms with Gasteiger partial charge in [0.05, 0.1) is 18.2 Å². The summed E-state index contributed by atoms with van der Waals surface area (Å²) in [5.41, 5.74) is -0.173. The van der Waals surface area contributed by atoms with E-state index in [2.05, 4.69) is 5.32 Å². The summed E-state index contributed by atoms with van der Waals surface area (Å²) in [5, 5.41) is 3.18. The normalized spacial score (nSPS) is 35.9. The number of hydrogen-bond donors (Lipinski definition) is 1. The number of nitrogens with zero attached hydrogens (tertiary/aromatic N) is 1. The second-order valence-corrected chi connectivity index (χ2v) is 8.60. The molecule has 2 amide bonds. The zero-order valence-corrected chi connectivity index (χ0v) is 15.9. The van der Waals surface area contributed by atoms with Crippen molar-refractivity contribution in [3.05, 3.63) is 0 Å². The molecule has 4 rings (SSSR count). The van der Waals surface area contributed by atoms with E-state index in [9.17, 15) is 9.59 Å². The molecule has 0 aromatic heterocycles. The fourth-order valence-corrected chi connectivity index (χ4v) is 5.71. The smallest absolute Gasteiger partial charge is 0.248 e. The molecule has 4 atom stereocenters. The van der Waals surface area contributed by atoms with Crippen LogP contribution in [0.2, 0.25) is 0 Å². The van der Waals surface area contributed by atoms with Gasteiger partial charge in [0.15, 0.2) is 0 Å². The second kappa shape index (κ2) is 7.47. The third kappa shape index (κ3) is 3.38. The van der Waals surface area contributed by atoms with Crippen molar-refractivity contribution in [2.75, 3.05) is 32.8 Å². The van der Waals surface area contributed by atoms with Crippen LogP contribution in [-0.2, 0) is 19.1 Å². The monoisotopic (exact) mass is 364 g/mol. The van der Waals surface area contributed by atoms with Crippen LogP contribution in [0.15, 0.2) is 0 Å². The van der Waals surface area contributed by atoms with Crippen molar-refractivity contribution in [3.8, 4) is 0 Å². The molecule has 0 radical (unpaired) electrons. The molecule has 146 valence electrons. The number of carbonyl (C=O) groups is 2. The minimum absolute atomic E-state index is 0.0618. The molecular formula is C20H32N2O4. The first kappa shape index (κ1) is 18.2. The van der Waals surface area contributed by atoms with E-state index in [0.29, 0.717) is 43.9 Å². The molecule has 26 heavy (non-hydrogen) atoms. The van der Waals surface area contributed by atoms with Gasteiger partial charge in [-0.3, -0.25) is 9.59 Å². The summed E-state index contributed by atoms with van der Waals surface area (Å²) in [7, 11) is 0. The molecule has 1 spiro atoms. The molecule has 3 aliphatic heterocycles. The molecule has 6 heteroatoms. The average molecular weight is 364 g/mol. The zero-order valence-electron chi connectivity index (χ0n) is 15.9. The minimum atomic E-state index is -0.173. The van der Waals surface area contributed by atoms with Crippen molar-refractivity contribution in [1.82, 2.24) is 10.2 Å². The second-order valence-electron chi connectivity index (χ2n) is 8.60. The van der Waals surface area contributed by atoms with E-state index < -0.39 is 0 Å². The summed E-state index contributed by atoms with van der Waals surface area (Å²) >= 11 is 0. The lowest BCUT2D eigenvalue weighted by molar-refractivity contribution is -0.136. The van der Waals surface area contributed by atoms with E-state index in [-0.39, 0.29) is 30.1 Å². The first-order valence-corrected chi connectivity index (χ1v) is 10.4. The minimum Gasteiger partial charge on any atom is -0.372 e. The van der Waals surface area contributed by atoms with Crippen LogP contribution in [-0.4, -0.2) is 61.3 Å². The van der Waals surface area contributed by atoms with Crippen LogP contribution in [0.5, 0.6) is 0 Å².